The van der Waals surface area contributed by atoms with E-state index in [9.17, 15) is 26.3 Å². The smallest absolute Gasteiger partial charge is 0.408 e. The van der Waals surface area contributed by atoms with E-state index < -0.39 is 35.2 Å². The summed E-state index contributed by atoms with van der Waals surface area (Å²) in [5.74, 6) is 1.13. The summed E-state index contributed by atoms with van der Waals surface area (Å²) in [6.07, 6.45) is -8.48. The van der Waals surface area contributed by atoms with Crippen LogP contribution >= 0.6 is 0 Å². The highest BCUT2D eigenvalue weighted by molar-refractivity contribution is 5.43. The Hall–Kier alpha value is -3.68. The molecule has 0 heterocycles. The maximum absolute atomic E-state index is 14.7. The predicted molar refractivity (Wildman–Crippen MR) is 133 cm³/mol. The summed E-state index contributed by atoms with van der Waals surface area (Å²) in [6.45, 7) is 4.73. The summed E-state index contributed by atoms with van der Waals surface area (Å²) in [7, 11) is 0. The number of allylic oxidation sites excluding steroid dienone is 3. The van der Waals surface area contributed by atoms with Crippen molar-refractivity contribution in [2.45, 2.75) is 45.0 Å². The summed E-state index contributed by atoms with van der Waals surface area (Å²) in [4.78, 5) is 0. The van der Waals surface area contributed by atoms with Gasteiger partial charge in [-0.05, 0) is 74.4 Å². The number of benzene rings is 3. The standard InChI is InChI=1S/C30H26F6O2/c1-20-4-10-23(11-5-20)37-25-14-8-22(9-15-25)28(29(31,32)33,30(34,35)36)27(3)18-16-26(17-19-27)38-24-12-6-21(2)7-13-24/h4-18H,19H2,1-3H3. The Morgan fingerprint density at radius 2 is 1.05 bits per heavy atom. The van der Waals surface area contributed by atoms with Crippen LogP contribution < -0.4 is 9.47 Å². The highest BCUT2D eigenvalue weighted by Gasteiger charge is 2.78. The normalized spacial score (nSPS) is 18.2. The molecule has 0 fully saturated rings. The van der Waals surface area contributed by atoms with Gasteiger partial charge in [-0.15, -0.1) is 0 Å². The summed E-state index contributed by atoms with van der Waals surface area (Å²) in [6, 6.07) is 17.7. The largest absolute Gasteiger partial charge is 0.458 e. The van der Waals surface area contributed by atoms with Crippen LogP contribution in [0.1, 0.15) is 30.0 Å². The SMILES string of the molecule is Cc1ccc(OC2=CCC(C)(C(c3ccc(Oc4ccc(C)cc4)cc3)(C(F)(F)F)C(F)(F)F)C=C2)cc1. The number of rotatable bonds is 6. The molecule has 200 valence electrons. The van der Waals surface area contributed by atoms with Crippen LogP contribution in [0.15, 0.2) is 96.8 Å². The first-order chi connectivity index (χ1) is 17.7. The van der Waals surface area contributed by atoms with Crippen LogP contribution in [0.5, 0.6) is 17.2 Å². The summed E-state index contributed by atoms with van der Waals surface area (Å²) < 4.78 is 99.6. The lowest BCUT2D eigenvalue weighted by Crippen LogP contribution is -2.63. The zero-order valence-electron chi connectivity index (χ0n) is 21.0. The Balaban J connectivity index is 1.70. The molecule has 2 nitrogen and oxygen atoms in total. The fraction of sp³-hybridized carbons (Fsp3) is 0.267. The van der Waals surface area contributed by atoms with Crippen molar-refractivity contribution in [2.75, 3.05) is 0 Å². The number of ether oxygens (including phenoxy) is 2. The Kier molecular flexibility index (Phi) is 7.12. The average molecular weight is 533 g/mol. The summed E-state index contributed by atoms with van der Waals surface area (Å²) >= 11 is 0. The van der Waals surface area contributed by atoms with Crippen LogP contribution in [0.4, 0.5) is 26.3 Å². The van der Waals surface area contributed by atoms with E-state index in [0.717, 1.165) is 48.4 Å². The van der Waals surface area contributed by atoms with Gasteiger partial charge in [0.15, 0.2) is 5.41 Å². The van der Waals surface area contributed by atoms with Gasteiger partial charge in [0.25, 0.3) is 0 Å². The van der Waals surface area contributed by atoms with E-state index in [4.69, 9.17) is 9.47 Å². The minimum absolute atomic E-state index is 0.119. The molecule has 3 aromatic carbocycles. The first kappa shape index (κ1) is 27.4. The van der Waals surface area contributed by atoms with Crippen molar-refractivity contribution >= 4 is 0 Å². The third kappa shape index (κ3) is 5.04. The van der Waals surface area contributed by atoms with E-state index in [1.165, 1.54) is 12.2 Å². The molecule has 0 saturated heterocycles. The number of hydrogen-bond donors (Lipinski definition) is 0. The second-order valence-corrected chi connectivity index (χ2v) is 9.66. The molecule has 8 heteroatoms. The molecule has 0 aromatic heterocycles. The Labute approximate surface area is 217 Å². The molecule has 0 amide bonds. The van der Waals surface area contributed by atoms with Crippen LogP contribution in [0.25, 0.3) is 0 Å². The van der Waals surface area contributed by atoms with Gasteiger partial charge in [-0.25, -0.2) is 0 Å². The maximum Gasteiger partial charge on any atom is 0.408 e. The zero-order chi connectivity index (χ0) is 27.8. The lowest BCUT2D eigenvalue weighted by molar-refractivity contribution is -0.329. The van der Waals surface area contributed by atoms with Crippen LogP contribution in [0.3, 0.4) is 0 Å². The fourth-order valence-electron chi connectivity index (χ4n) is 4.79. The summed E-state index contributed by atoms with van der Waals surface area (Å²) in [5.41, 5.74) is -5.53. The molecular formula is C30H26F6O2. The minimum Gasteiger partial charge on any atom is -0.458 e. The molecule has 0 saturated carbocycles. The van der Waals surface area contributed by atoms with Crippen molar-refractivity contribution in [3.05, 3.63) is 113 Å². The lowest BCUT2D eigenvalue weighted by Gasteiger charge is -2.49. The monoisotopic (exact) mass is 532 g/mol. The van der Waals surface area contributed by atoms with Gasteiger partial charge in [0.05, 0.1) is 0 Å². The van der Waals surface area contributed by atoms with Crippen LogP contribution in [-0.2, 0) is 5.41 Å². The van der Waals surface area contributed by atoms with E-state index in [-0.39, 0.29) is 11.5 Å². The molecule has 0 aliphatic heterocycles. The molecule has 0 N–H and O–H groups in total. The van der Waals surface area contributed by atoms with E-state index in [1.807, 2.05) is 13.8 Å². The van der Waals surface area contributed by atoms with Crippen LogP contribution in [0, 0.1) is 19.3 Å². The molecule has 1 unspecified atom stereocenters. The van der Waals surface area contributed by atoms with Crippen molar-refractivity contribution in [3.63, 3.8) is 0 Å². The van der Waals surface area contributed by atoms with Gasteiger partial charge in [0.2, 0.25) is 0 Å². The Morgan fingerprint density at radius 3 is 1.45 bits per heavy atom. The van der Waals surface area contributed by atoms with Gasteiger partial charge in [-0.3, -0.25) is 0 Å². The Morgan fingerprint density at radius 1 is 0.632 bits per heavy atom. The van der Waals surface area contributed by atoms with Crippen LogP contribution in [0.2, 0.25) is 0 Å². The molecule has 1 atom stereocenters. The van der Waals surface area contributed by atoms with Crippen molar-refractivity contribution in [2.24, 2.45) is 5.41 Å². The minimum atomic E-state index is -5.66. The van der Waals surface area contributed by atoms with Crippen LogP contribution in [-0.4, -0.2) is 12.4 Å². The molecule has 3 aromatic rings. The molecule has 38 heavy (non-hydrogen) atoms. The average Bonchev–Trinajstić information content (AvgIpc) is 2.83. The third-order valence-electron chi connectivity index (χ3n) is 6.85. The highest BCUT2D eigenvalue weighted by Crippen LogP contribution is 2.63. The van der Waals surface area contributed by atoms with Crippen molar-refractivity contribution in [1.29, 1.82) is 0 Å². The maximum atomic E-state index is 14.7. The van der Waals surface area contributed by atoms with Gasteiger partial charge < -0.3 is 9.47 Å². The lowest BCUT2D eigenvalue weighted by atomic mass is 9.57. The number of aryl methyl sites for hydroxylation is 2. The number of alkyl halides is 6. The van der Waals surface area contributed by atoms with Gasteiger partial charge >= 0.3 is 12.4 Å². The van der Waals surface area contributed by atoms with Crippen molar-refractivity contribution < 1.29 is 35.8 Å². The molecule has 1 aliphatic carbocycles. The van der Waals surface area contributed by atoms with Gasteiger partial charge in [-0.2, -0.15) is 26.3 Å². The van der Waals surface area contributed by atoms with Crippen molar-refractivity contribution in [3.8, 4) is 17.2 Å². The number of halogens is 6. The van der Waals surface area contributed by atoms with Gasteiger partial charge in [0, 0.05) is 5.41 Å². The molecule has 0 bridgehead atoms. The van der Waals surface area contributed by atoms with E-state index in [1.54, 1.807) is 48.5 Å². The first-order valence-electron chi connectivity index (χ1n) is 11.9. The molecule has 4 rings (SSSR count). The van der Waals surface area contributed by atoms with E-state index in [0.29, 0.717) is 11.5 Å². The summed E-state index contributed by atoms with van der Waals surface area (Å²) in [5, 5.41) is 0. The van der Waals surface area contributed by atoms with E-state index in [2.05, 4.69) is 0 Å². The fourth-order valence-corrected chi connectivity index (χ4v) is 4.79. The molecular weight excluding hydrogens is 506 g/mol. The molecule has 0 radical (unpaired) electrons. The van der Waals surface area contributed by atoms with E-state index >= 15 is 0 Å². The first-order valence-corrected chi connectivity index (χ1v) is 11.9. The van der Waals surface area contributed by atoms with Crippen molar-refractivity contribution in [1.82, 2.24) is 0 Å². The topological polar surface area (TPSA) is 18.5 Å². The predicted octanol–water partition coefficient (Wildman–Crippen LogP) is 9.39. The zero-order valence-corrected chi connectivity index (χ0v) is 21.0. The second-order valence-electron chi connectivity index (χ2n) is 9.66. The molecule has 0 spiro atoms. The molecule has 1 aliphatic rings. The van der Waals surface area contributed by atoms with Gasteiger partial charge in [0.1, 0.15) is 23.0 Å². The third-order valence-corrected chi connectivity index (χ3v) is 6.85. The van der Waals surface area contributed by atoms with Gasteiger partial charge in [-0.1, -0.05) is 60.5 Å². The highest BCUT2D eigenvalue weighted by atomic mass is 19.4. The number of hydrogen-bond acceptors (Lipinski definition) is 2. The quantitative estimate of drug-likeness (QED) is 0.295. The second kappa shape index (κ2) is 9.89. The Bertz CT molecular complexity index is 1300.